The van der Waals surface area contributed by atoms with Gasteiger partial charge >= 0.3 is 0 Å². The standard InChI is InChI=1S/C13H20N2O/c1-10-3-4-13-11(7-10)8-12(16-13)9-15(2)6-5-14/h3-4,7,12H,5-6,8-9,14H2,1-2H3. The van der Waals surface area contributed by atoms with Crippen LogP contribution in [0.1, 0.15) is 11.1 Å². The number of aryl methyl sites for hydroxylation is 1. The van der Waals surface area contributed by atoms with E-state index in [0.717, 1.165) is 25.3 Å². The highest BCUT2D eigenvalue weighted by molar-refractivity contribution is 5.40. The summed E-state index contributed by atoms with van der Waals surface area (Å²) in [6.45, 7) is 4.70. The first-order chi connectivity index (χ1) is 7.69. The summed E-state index contributed by atoms with van der Waals surface area (Å²) in [6, 6.07) is 6.40. The van der Waals surface area contributed by atoms with E-state index in [4.69, 9.17) is 10.5 Å². The van der Waals surface area contributed by atoms with Crippen LogP contribution in [0.5, 0.6) is 5.75 Å². The van der Waals surface area contributed by atoms with Crippen molar-refractivity contribution < 1.29 is 4.74 Å². The molecule has 0 aromatic heterocycles. The Balaban J connectivity index is 1.95. The van der Waals surface area contributed by atoms with E-state index >= 15 is 0 Å². The lowest BCUT2D eigenvalue weighted by atomic mass is 10.1. The van der Waals surface area contributed by atoms with Gasteiger partial charge in [-0.15, -0.1) is 0 Å². The summed E-state index contributed by atoms with van der Waals surface area (Å²) in [7, 11) is 2.09. The van der Waals surface area contributed by atoms with Crippen molar-refractivity contribution in [1.29, 1.82) is 0 Å². The minimum Gasteiger partial charge on any atom is -0.488 e. The Morgan fingerprint density at radius 2 is 2.31 bits per heavy atom. The normalized spacial score (nSPS) is 18.6. The van der Waals surface area contributed by atoms with Crippen LogP contribution in [-0.2, 0) is 6.42 Å². The van der Waals surface area contributed by atoms with Crippen molar-refractivity contribution in [2.24, 2.45) is 5.73 Å². The summed E-state index contributed by atoms with van der Waals surface area (Å²) in [5.74, 6) is 1.05. The topological polar surface area (TPSA) is 38.5 Å². The van der Waals surface area contributed by atoms with Crippen molar-refractivity contribution in [2.75, 3.05) is 26.7 Å². The van der Waals surface area contributed by atoms with Crippen molar-refractivity contribution in [3.05, 3.63) is 29.3 Å². The van der Waals surface area contributed by atoms with Gasteiger partial charge in [-0.05, 0) is 25.6 Å². The minimum absolute atomic E-state index is 0.286. The van der Waals surface area contributed by atoms with E-state index in [0.29, 0.717) is 6.54 Å². The van der Waals surface area contributed by atoms with Crippen LogP contribution in [0.3, 0.4) is 0 Å². The third-order valence-electron chi connectivity index (χ3n) is 2.98. The molecular weight excluding hydrogens is 200 g/mol. The molecule has 0 saturated carbocycles. The largest absolute Gasteiger partial charge is 0.488 e. The van der Waals surface area contributed by atoms with E-state index in [9.17, 15) is 0 Å². The SMILES string of the molecule is Cc1ccc2c(c1)CC(CN(C)CCN)O2. The van der Waals surface area contributed by atoms with Crippen LogP contribution in [0.25, 0.3) is 0 Å². The molecule has 3 nitrogen and oxygen atoms in total. The second-order valence-corrected chi connectivity index (χ2v) is 4.61. The van der Waals surface area contributed by atoms with Crippen LogP contribution in [0, 0.1) is 6.92 Å². The van der Waals surface area contributed by atoms with Gasteiger partial charge in [0.15, 0.2) is 0 Å². The fourth-order valence-electron chi connectivity index (χ4n) is 2.21. The fraction of sp³-hybridized carbons (Fsp3) is 0.538. The van der Waals surface area contributed by atoms with Crippen LogP contribution < -0.4 is 10.5 Å². The Morgan fingerprint density at radius 1 is 1.50 bits per heavy atom. The molecule has 2 rings (SSSR count). The Labute approximate surface area is 97.2 Å². The highest BCUT2D eigenvalue weighted by Crippen LogP contribution is 2.29. The van der Waals surface area contributed by atoms with Crippen molar-refractivity contribution >= 4 is 0 Å². The van der Waals surface area contributed by atoms with Crippen molar-refractivity contribution in [3.63, 3.8) is 0 Å². The minimum atomic E-state index is 0.286. The zero-order valence-corrected chi connectivity index (χ0v) is 10.1. The van der Waals surface area contributed by atoms with Crippen molar-refractivity contribution in [1.82, 2.24) is 4.90 Å². The first-order valence-corrected chi connectivity index (χ1v) is 5.84. The Hall–Kier alpha value is -1.06. The molecule has 16 heavy (non-hydrogen) atoms. The van der Waals surface area contributed by atoms with Gasteiger partial charge in [-0.3, -0.25) is 0 Å². The highest BCUT2D eigenvalue weighted by atomic mass is 16.5. The van der Waals surface area contributed by atoms with Gasteiger partial charge in [0, 0.05) is 26.1 Å². The van der Waals surface area contributed by atoms with E-state index in [-0.39, 0.29) is 6.10 Å². The third-order valence-corrected chi connectivity index (χ3v) is 2.98. The highest BCUT2D eigenvalue weighted by Gasteiger charge is 2.23. The van der Waals surface area contributed by atoms with E-state index in [2.05, 4.69) is 37.1 Å². The number of rotatable bonds is 4. The van der Waals surface area contributed by atoms with Gasteiger partial charge < -0.3 is 15.4 Å². The molecule has 1 heterocycles. The van der Waals surface area contributed by atoms with E-state index in [1.807, 2.05) is 0 Å². The molecule has 0 aliphatic carbocycles. The molecule has 88 valence electrons. The molecule has 1 atom stereocenters. The van der Waals surface area contributed by atoms with Crippen molar-refractivity contribution in [2.45, 2.75) is 19.4 Å². The third kappa shape index (κ3) is 2.54. The zero-order valence-electron chi connectivity index (χ0n) is 10.1. The predicted molar refractivity (Wildman–Crippen MR) is 65.9 cm³/mol. The number of likely N-dealkylation sites (N-methyl/N-ethyl adjacent to an activating group) is 1. The summed E-state index contributed by atoms with van der Waals surface area (Å²) >= 11 is 0. The van der Waals surface area contributed by atoms with E-state index in [1.54, 1.807) is 0 Å². The molecule has 2 N–H and O–H groups in total. The summed E-state index contributed by atoms with van der Waals surface area (Å²) in [5, 5.41) is 0. The van der Waals surface area contributed by atoms with Crippen LogP contribution in [0.15, 0.2) is 18.2 Å². The first-order valence-electron chi connectivity index (χ1n) is 5.84. The molecule has 0 saturated heterocycles. The molecule has 0 amide bonds. The second-order valence-electron chi connectivity index (χ2n) is 4.61. The lowest BCUT2D eigenvalue weighted by Gasteiger charge is -2.19. The average molecular weight is 220 g/mol. The number of nitrogens with zero attached hydrogens (tertiary/aromatic N) is 1. The van der Waals surface area contributed by atoms with Crippen LogP contribution in [0.4, 0.5) is 0 Å². The van der Waals surface area contributed by atoms with E-state index in [1.165, 1.54) is 11.1 Å². The molecular formula is C13H20N2O. The lowest BCUT2D eigenvalue weighted by molar-refractivity contribution is 0.171. The molecule has 0 spiro atoms. The predicted octanol–water partition coefficient (Wildman–Crippen LogP) is 1.19. The van der Waals surface area contributed by atoms with Gasteiger partial charge in [-0.2, -0.15) is 0 Å². The summed E-state index contributed by atoms with van der Waals surface area (Å²) in [4.78, 5) is 2.23. The lowest BCUT2D eigenvalue weighted by Crippen LogP contribution is -2.35. The molecule has 1 aliphatic rings. The van der Waals surface area contributed by atoms with Gasteiger partial charge in [0.2, 0.25) is 0 Å². The number of benzene rings is 1. The summed E-state index contributed by atoms with van der Waals surface area (Å²) < 4.78 is 5.90. The Morgan fingerprint density at radius 3 is 3.06 bits per heavy atom. The maximum Gasteiger partial charge on any atom is 0.123 e. The second kappa shape index (κ2) is 4.85. The molecule has 3 heteroatoms. The van der Waals surface area contributed by atoms with Gasteiger partial charge in [-0.1, -0.05) is 17.7 Å². The average Bonchev–Trinajstić information content (AvgIpc) is 2.59. The maximum absolute atomic E-state index is 5.90. The van der Waals surface area contributed by atoms with Crippen LogP contribution >= 0.6 is 0 Å². The molecule has 0 bridgehead atoms. The van der Waals surface area contributed by atoms with Gasteiger partial charge in [0.25, 0.3) is 0 Å². The molecule has 1 aliphatic heterocycles. The number of fused-ring (bicyclic) bond motifs is 1. The quantitative estimate of drug-likeness (QED) is 0.828. The molecule has 1 aromatic carbocycles. The Kier molecular flexibility index (Phi) is 3.46. The molecule has 0 fully saturated rings. The smallest absolute Gasteiger partial charge is 0.123 e. The van der Waals surface area contributed by atoms with Crippen LogP contribution in [0.2, 0.25) is 0 Å². The summed E-state index contributed by atoms with van der Waals surface area (Å²) in [6.07, 6.45) is 1.31. The van der Waals surface area contributed by atoms with E-state index < -0.39 is 0 Å². The van der Waals surface area contributed by atoms with Crippen molar-refractivity contribution in [3.8, 4) is 5.75 Å². The van der Waals surface area contributed by atoms with Crippen LogP contribution in [-0.4, -0.2) is 37.7 Å². The number of nitrogens with two attached hydrogens (primary N) is 1. The number of hydrogen-bond donors (Lipinski definition) is 1. The molecule has 0 radical (unpaired) electrons. The fourth-order valence-corrected chi connectivity index (χ4v) is 2.21. The molecule has 1 aromatic rings. The van der Waals surface area contributed by atoms with Gasteiger partial charge in [0.05, 0.1) is 0 Å². The Bertz CT molecular complexity index is 365. The van der Waals surface area contributed by atoms with Gasteiger partial charge in [0.1, 0.15) is 11.9 Å². The number of hydrogen-bond acceptors (Lipinski definition) is 3. The summed E-state index contributed by atoms with van der Waals surface area (Å²) in [5.41, 5.74) is 8.17. The van der Waals surface area contributed by atoms with Gasteiger partial charge in [-0.25, -0.2) is 0 Å². The molecule has 1 unspecified atom stereocenters. The monoisotopic (exact) mass is 220 g/mol. The number of ether oxygens (including phenoxy) is 1. The maximum atomic E-state index is 5.90. The zero-order chi connectivity index (χ0) is 11.5. The first kappa shape index (κ1) is 11.4.